The van der Waals surface area contributed by atoms with E-state index in [0.717, 1.165) is 11.3 Å². The van der Waals surface area contributed by atoms with Gasteiger partial charge in [-0.3, -0.25) is 4.98 Å². The van der Waals surface area contributed by atoms with E-state index in [4.69, 9.17) is 14.2 Å². The molecule has 1 aliphatic heterocycles. The van der Waals surface area contributed by atoms with Gasteiger partial charge in [0.15, 0.2) is 15.4 Å². The number of aromatic nitrogens is 3. The van der Waals surface area contributed by atoms with Crippen molar-refractivity contribution in [1.82, 2.24) is 15.0 Å². The summed E-state index contributed by atoms with van der Waals surface area (Å²) in [6.07, 6.45) is 6.58. The van der Waals surface area contributed by atoms with Crippen molar-refractivity contribution < 1.29 is 27.0 Å². The Balaban J connectivity index is 1.19. The second-order valence-corrected chi connectivity index (χ2v) is 13.7. The molecule has 2 aromatic heterocycles. The molecule has 3 heterocycles. The van der Waals surface area contributed by atoms with Crippen LogP contribution in [0.3, 0.4) is 0 Å². The smallest absolute Gasteiger partial charge is 0.180 e. The van der Waals surface area contributed by atoms with Crippen LogP contribution in [0.15, 0.2) is 113 Å². The maximum Gasteiger partial charge on any atom is 0.180 e. The Morgan fingerprint density at radius 2 is 1.89 bits per heavy atom. The predicted molar refractivity (Wildman–Crippen MR) is 176 cm³/mol. The molecule has 1 N–H and O–H groups in total. The van der Waals surface area contributed by atoms with Gasteiger partial charge in [-0.15, -0.1) is 0 Å². The Labute approximate surface area is 274 Å². The van der Waals surface area contributed by atoms with E-state index >= 15 is 0 Å². The maximum atomic E-state index is 13.5. The molecule has 0 fully saturated rings. The van der Waals surface area contributed by atoms with Crippen molar-refractivity contribution in [2.75, 3.05) is 17.7 Å². The molecule has 0 bridgehead atoms. The highest BCUT2D eigenvalue weighted by molar-refractivity contribution is 9.10. The molecule has 236 valence electrons. The van der Waals surface area contributed by atoms with Crippen molar-refractivity contribution in [2.45, 2.75) is 36.6 Å². The van der Waals surface area contributed by atoms with Gasteiger partial charge in [-0.2, -0.15) is 0 Å². The van der Waals surface area contributed by atoms with Gasteiger partial charge >= 0.3 is 0 Å². The lowest BCUT2D eigenvalue weighted by Gasteiger charge is -2.34. The molecule has 6 rings (SSSR count). The van der Waals surface area contributed by atoms with Crippen LogP contribution >= 0.6 is 15.9 Å². The van der Waals surface area contributed by atoms with Crippen molar-refractivity contribution in [3.8, 4) is 5.75 Å². The summed E-state index contributed by atoms with van der Waals surface area (Å²) in [4.78, 5) is 13.8. The molecule has 0 spiro atoms. The first-order valence-corrected chi connectivity index (χ1v) is 17.0. The zero-order chi connectivity index (χ0) is 32.1. The lowest BCUT2D eigenvalue weighted by molar-refractivity contribution is -0.0987. The van der Waals surface area contributed by atoms with Gasteiger partial charge in [0, 0.05) is 17.5 Å². The summed E-state index contributed by atoms with van der Waals surface area (Å²) in [6, 6.07) is 22.0. The fourth-order valence-corrected chi connectivity index (χ4v) is 6.82. The number of hydrogen-bond donors (Lipinski definition) is 1. The number of ether oxygens (including phenoxy) is 3. The molecular formula is C34H30BrFN4O5S. The van der Waals surface area contributed by atoms with Crippen molar-refractivity contribution in [1.29, 1.82) is 0 Å². The summed E-state index contributed by atoms with van der Waals surface area (Å²) in [5, 5.41) is 4.07. The molecule has 9 nitrogen and oxygen atoms in total. The molecule has 2 unspecified atom stereocenters. The number of pyridine rings is 1. The largest absolute Gasteiger partial charge is 0.488 e. The van der Waals surface area contributed by atoms with Crippen molar-refractivity contribution in [2.24, 2.45) is 0 Å². The van der Waals surface area contributed by atoms with E-state index in [1.165, 1.54) is 18.5 Å². The van der Waals surface area contributed by atoms with E-state index in [1.807, 2.05) is 37.3 Å². The third-order valence-electron chi connectivity index (χ3n) is 7.71. The lowest BCUT2D eigenvalue weighted by atomic mass is 9.89. The van der Waals surface area contributed by atoms with E-state index in [2.05, 4.69) is 36.2 Å². The van der Waals surface area contributed by atoms with Crippen LogP contribution in [0.5, 0.6) is 5.75 Å². The molecule has 0 aliphatic carbocycles. The standard InChI is InChI=1S/C34H30BrFN4O5S/c1-23(43-15-16-46(41,42)27-9-3-2-4-10-27)34(13-6-14-45-34)32-19-28-30(20-37-32)38-22-39-33(28)40-26-11-12-31(29(35)18-26)44-21-24-7-5-8-25(36)17-24/h2-12,14,17-20,22-23H,13,15-16,21H2,1H3,(H,38,39,40). The molecule has 5 aromatic rings. The van der Waals surface area contributed by atoms with Crippen molar-refractivity contribution in [3.05, 3.63) is 125 Å². The molecule has 12 heteroatoms. The van der Waals surface area contributed by atoms with E-state index in [-0.39, 0.29) is 29.7 Å². The summed E-state index contributed by atoms with van der Waals surface area (Å²) >= 11 is 3.57. The van der Waals surface area contributed by atoms with Gasteiger partial charge in [0.05, 0.1) is 45.4 Å². The van der Waals surface area contributed by atoms with E-state index in [1.54, 1.807) is 54.9 Å². The SMILES string of the molecule is CC(OCCS(=O)(=O)c1ccccc1)C1(c2cc3c(Nc4ccc(OCc5cccc(F)c5)c(Br)c4)ncnc3cn2)CC=CO1. The number of hydrogen-bond acceptors (Lipinski definition) is 9. The minimum atomic E-state index is -3.50. The van der Waals surface area contributed by atoms with Crippen LogP contribution in [0.25, 0.3) is 10.9 Å². The summed E-state index contributed by atoms with van der Waals surface area (Å²) < 4.78 is 57.9. The number of halogens is 2. The number of anilines is 2. The fourth-order valence-electron chi connectivity index (χ4n) is 5.20. The number of nitrogens with one attached hydrogen (secondary N) is 1. The molecular weight excluding hydrogens is 675 g/mol. The van der Waals surface area contributed by atoms with Crippen LogP contribution in [0.4, 0.5) is 15.9 Å². The summed E-state index contributed by atoms with van der Waals surface area (Å²) in [5.74, 6) is 0.681. The van der Waals surface area contributed by atoms with Crippen LogP contribution in [0.1, 0.15) is 24.6 Å². The molecule has 0 amide bonds. The Hall–Kier alpha value is -4.39. The van der Waals surface area contributed by atoms with E-state index in [9.17, 15) is 12.8 Å². The van der Waals surface area contributed by atoms with Gasteiger partial charge in [-0.25, -0.2) is 22.8 Å². The van der Waals surface area contributed by atoms with Crippen molar-refractivity contribution in [3.63, 3.8) is 0 Å². The molecule has 46 heavy (non-hydrogen) atoms. The molecule has 3 aromatic carbocycles. The molecule has 0 saturated heterocycles. The van der Waals surface area contributed by atoms with Crippen LogP contribution in [-0.2, 0) is 31.5 Å². The van der Waals surface area contributed by atoms with Crippen LogP contribution in [0.2, 0.25) is 0 Å². The van der Waals surface area contributed by atoms with E-state index in [0.29, 0.717) is 39.1 Å². The van der Waals surface area contributed by atoms with E-state index < -0.39 is 21.5 Å². The molecule has 2 atom stereocenters. The summed E-state index contributed by atoms with van der Waals surface area (Å²) in [7, 11) is -3.50. The minimum Gasteiger partial charge on any atom is -0.488 e. The molecule has 0 radical (unpaired) electrons. The average molecular weight is 706 g/mol. The van der Waals surface area contributed by atoms with Gasteiger partial charge in [0.25, 0.3) is 0 Å². The topological polar surface area (TPSA) is 113 Å². The Kier molecular flexibility index (Phi) is 9.29. The number of benzene rings is 3. The highest BCUT2D eigenvalue weighted by Gasteiger charge is 2.44. The minimum absolute atomic E-state index is 0.0101. The number of nitrogens with zero attached hydrogens (tertiary/aromatic N) is 3. The second kappa shape index (κ2) is 13.5. The Morgan fingerprint density at radius 3 is 2.65 bits per heavy atom. The first kappa shape index (κ1) is 31.6. The summed E-state index contributed by atoms with van der Waals surface area (Å²) in [6.45, 7) is 2.06. The fraction of sp³-hybridized carbons (Fsp3) is 0.206. The molecule has 1 aliphatic rings. The van der Waals surface area contributed by atoms with Gasteiger partial charge in [0.2, 0.25) is 0 Å². The maximum absolute atomic E-state index is 13.5. The quantitative estimate of drug-likeness (QED) is 0.143. The Morgan fingerprint density at radius 1 is 1.04 bits per heavy atom. The monoisotopic (exact) mass is 704 g/mol. The van der Waals surface area contributed by atoms with Crippen molar-refractivity contribution >= 4 is 48.2 Å². The second-order valence-electron chi connectivity index (χ2n) is 10.7. The number of sulfone groups is 1. The van der Waals surface area contributed by atoms with Crippen LogP contribution in [-0.4, -0.2) is 41.8 Å². The lowest BCUT2D eigenvalue weighted by Crippen LogP contribution is -2.40. The summed E-state index contributed by atoms with van der Waals surface area (Å²) in [5.41, 5.74) is 1.72. The third kappa shape index (κ3) is 6.88. The molecule has 0 saturated carbocycles. The van der Waals surface area contributed by atoms with Gasteiger partial charge in [-0.05, 0) is 83.0 Å². The van der Waals surface area contributed by atoms with Gasteiger partial charge < -0.3 is 19.5 Å². The van der Waals surface area contributed by atoms with Crippen LogP contribution in [0, 0.1) is 5.82 Å². The zero-order valence-corrected chi connectivity index (χ0v) is 27.2. The first-order chi connectivity index (χ1) is 22.2. The van der Waals surface area contributed by atoms with Gasteiger partial charge in [-0.1, -0.05) is 30.3 Å². The number of fused-ring (bicyclic) bond motifs is 1. The zero-order valence-electron chi connectivity index (χ0n) is 24.8. The highest BCUT2D eigenvalue weighted by atomic mass is 79.9. The highest BCUT2D eigenvalue weighted by Crippen LogP contribution is 2.40. The average Bonchev–Trinajstić information content (AvgIpc) is 3.56. The third-order valence-corrected chi connectivity index (χ3v) is 10.0. The van der Waals surface area contributed by atoms with Crippen LogP contribution < -0.4 is 10.1 Å². The normalized spacial score (nSPS) is 16.7. The first-order valence-electron chi connectivity index (χ1n) is 14.5. The number of rotatable bonds is 12. The van der Waals surface area contributed by atoms with Gasteiger partial charge in [0.1, 0.15) is 36.4 Å². The predicted octanol–water partition coefficient (Wildman–Crippen LogP) is 7.26. The Bertz CT molecular complexity index is 1990.